The number of carbonyl (C=O) groups is 6. The maximum atomic E-state index is 12.6. The summed E-state index contributed by atoms with van der Waals surface area (Å²) in [5, 5.41) is 0. The summed E-state index contributed by atoms with van der Waals surface area (Å²) in [6, 6.07) is 40.3. The van der Waals surface area contributed by atoms with Crippen LogP contribution in [0.5, 0.6) is 34.5 Å². The number of benzene rings is 6. The van der Waals surface area contributed by atoms with Crippen LogP contribution in [0.15, 0.2) is 146 Å². The van der Waals surface area contributed by atoms with Crippen molar-refractivity contribution in [1.82, 2.24) is 4.90 Å². The van der Waals surface area contributed by atoms with Gasteiger partial charge in [-0.15, -0.1) is 0 Å². The third-order valence-electron chi connectivity index (χ3n) is 13.2. The van der Waals surface area contributed by atoms with Gasteiger partial charge in [-0.2, -0.15) is 0 Å². The first-order chi connectivity index (χ1) is 38.9. The molecule has 0 radical (unpaired) electrons. The predicted molar refractivity (Wildman–Crippen MR) is 306 cm³/mol. The molecule has 1 heterocycles. The normalized spacial score (nSPS) is 12.0. The van der Waals surface area contributed by atoms with E-state index in [9.17, 15) is 28.8 Å². The van der Waals surface area contributed by atoms with Gasteiger partial charge in [-0.3, -0.25) is 9.59 Å². The molecule has 422 valence electrons. The summed E-state index contributed by atoms with van der Waals surface area (Å²) in [4.78, 5) is 77.7. The monoisotopic (exact) mass is 1090 g/mol. The lowest BCUT2D eigenvalue weighted by atomic mass is 10.0. The molecule has 0 atom stereocenters. The maximum absolute atomic E-state index is 12.6. The van der Waals surface area contributed by atoms with Crippen LogP contribution in [0.4, 0.5) is 5.69 Å². The Morgan fingerprint density at radius 2 is 0.738 bits per heavy atom. The van der Waals surface area contributed by atoms with Crippen LogP contribution >= 0.6 is 0 Å². The molecule has 6 aromatic rings. The third-order valence-corrected chi connectivity index (χ3v) is 13.2. The number of likely N-dealkylation sites (N-methyl/N-ethyl adjacent to an activating group) is 1. The zero-order chi connectivity index (χ0) is 56.9. The largest absolute Gasteiger partial charge is 0.494 e. The Kier molecular flexibility index (Phi) is 25.3. The van der Waals surface area contributed by atoms with Crippen LogP contribution in [0.2, 0.25) is 0 Å². The molecular formula is C65H74N2O13. The van der Waals surface area contributed by atoms with E-state index in [1.165, 1.54) is 125 Å². The summed E-state index contributed by atoms with van der Waals surface area (Å²) in [6.07, 6.45) is 14.3. The Labute approximate surface area is 470 Å². The minimum absolute atomic E-state index is 0.0828. The van der Waals surface area contributed by atoms with E-state index < -0.39 is 35.8 Å². The molecule has 0 amide bonds. The van der Waals surface area contributed by atoms with Crippen LogP contribution in [-0.4, -0.2) is 87.7 Å². The van der Waals surface area contributed by atoms with Crippen molar-refractivity contribution in [3.05, 3.63) is 173 Å². The molecule has 6 aromatic carbocycles. The molecule has 0 saturated carbocycles. The minimum atomic E-state index is -0.626. The van der Waals surface area contributed by atoms with Gasteiger partial charge in [0.2, 0.25) is 0 Å². The van der Waals surface area contributed by atoms with Gasteiger partial charge < -0.3 is 43.0 Å². The molecule has 0 aliphatic carbocycles. The standard InChI is InChI=1S/C35H44O5.C30H30N2O8/c1-3-5-7-9-10-12-14-28-15-17-29(18-16-28)34(36)39-32-23-25-33(26-24-32)40-35(37)30-19-21-31(22-20-30)38-27-13-11-8-6-4-2;1-31-17-19-32(20-18-31)23-7-13-26(14-8-23)40-30(36)22-5-11-25(12-6-22)39-29(35)21-3-9-24(10-4-21)38-28(34)16-15-27(33)37-2/h15-26H,3-14,27H2,1-2H3;3-14H,15-20H2,1-2H3. The van der Waals surface area contributed by atoms with Crippen molar-refractivity contribution < 1.29 is 61.9 Å². The van der Waals surface area contributed by atoms with Crippen molar-refractivity contribution in [2.45, 2.75) is 104 Å². The number of ether oxygens (including phenoxy) is 7. The summed E-state index contributed by atoms with van der Waals surface area (Å²) in [5.41, 5.74) is 3.81. The molecule has 1 fully saturated rings. The fourth-order valence-corrected chi connectivity index (χ4v) is 8.34. The second-order valence-corrected chi connectivity index (χ2v) is 19.4. The van der Waals surface area contributed by atoms with Crippen molar-refractivity contribution in [3.8, 4) is 34.5 Å². The lowest BCUT2D eigenvalue weighted by Gasteiger charge is -2.34. The van der Waals surface area contributed by atoms with E-state index in [0.717, 1.165) is 50.5 Å². The van der Waals surface area contributed by atoms with Gasteiger partial charge in [0.05, 0.1) is 48.8 Å². The number of unbranched alkanes of at least 4 members (excludes halogenated alkanes) is 9. The number of hydrogen-bond acceptors (Lipinski definition) is 15. The lowest BCUT2D eigenvalue weighted by molar-refractivity contribution is -0.144. The third kappa shape index (κ3) is 21.2. The van der Waals surface area contributed by atoms with Gasteiger partial charge in [0, 0.05) is 31.9 Å². The van der Waals surface area contributed by atoms with E-state index in [-0.39, 0.29) is 29.9 Å². The Balaban J connectivity index is 0.000000258. The number of piperazine rings is 1. The Bertz CT molecular complexity index is 2770. The van der Waals surface area contributed by atoms with Gasteiger partial charge >= 0.3 is 35.8 Å². The number of carbonyl (C=O) groups excluding carboxylic acids is 6. The number of hydrogen-bond donors (Lipinski definition) is 0. The Morgan fingerprint density at radius 1 is 0.388 bits per heavy atom. The first-order valence-electron chi connectivity index (χ1n) is 27.7. The number of rotatable bonds is 27. The van der Waals surface area contributed by atoms with Gasteiger partial charge in [0.1, 0.15) is 34.5 Å². The highest BCUT2D eigenvalue weighted by molar-refractivity contribution is 5.93. The SMILES string of the molecule is CCCCCCCCc1ccc(C(=O)Oc2ccc(OC(=O)c3ccc(OCCCCCCC)cc3)cc2)cc1.COC(=O)CCC(=O)Oc1ccc(C(=O)Oc2ccc(C(=O)Oc3ccc(N4CCN(C)CC4)cc3)cc2)cc1. The van der Waals surface area contributed by atoms with E-state index in [4.69, 9.17) is 28.4 Å². The maximum Gasteiger partial charge on any atom is 0.343 e. The molecule has 0 bridgehead atoms. The number of methoxy groups -OCH3 is 1. The average molecular weight is 1090 g/mol. The molecule has 1 aliphatic rings. The average Bonchev–Trinajstić information content (AvgIpc) is 3.48. The van der Waals surface area contributed by atoms with Crippen molar-refractivity contribution in [3.63, 3.8) is 0 Å². The molecule has 1 aliphatic heterocycles. The van der Waals surface area contributed by atoms with Gasteiger partial charge in [0.25, 0.3) is 0 Å². The quantitative estimate of drug-likeness (QED) is 0.0270. The summed E-state index contributed by atoms with van der Waals surface area (Å²) >= 11 is 0. The van der Waals surface area contributed by atoms with Crippen LogP contribution in [-0.2, 0) is 20.7 Å². The van der Waals surface area contributed by atoms with Crippen molar-refractivity contribution in [2.75, 3.05) is 51.8 Å². The number of esters is 6. The molecule has 0 spiro atoms. The van der Waals surface area contributed by atoms with Gasteiger partial charge in [-0.25, -0.2) is 19.2 Å². The van der Waals surface area contributed by atoms with E-state index >= 15 is 0 Å². The van der Waals surface area contributed by atoms with Crippen molar-refractivity contribution in [2.24, 2.45) is 0 Å². The zero-order valence-electron chi connectivity index (χ0n) is 46.5. The van der Waals surface area contributed by atoms with Gasteiger partial charge in [-0.1, -0.05) is 83.8 Å². The second kappa shape index (κ2) is 33.2. The zero-order valence-corrected chi connectivity index (χ0v) is 46.5. The highest BCUT2D eigenvalue weighted by Crippen LogP contribution is 2.25. The highest BCUT2D eigenvalue weighted by atomic mass is 16.6. The van der Waals surface area contributed by atoms with Crippen LogP contribution < -0.4 is 33.3 Å². The summed E-state index contributed by atoms with van der Waals surface area (Å²) in [7, 11) is 3.35. The van der Waals surface area contributed by atoms with Gasteiger partial charge in [-0.05, 0) is 165 Å². The van der Waals surface area contributed by atoms with E-state index in [1.807, 2.05) is 36.4 Å². The lowest BCUT2D eigenvalue weighted by Crippen LogP contribution is -2.44. The number of nitrogens with zero attached hydrogens (tertiary/aromatic N) is 2. The fourth-order valence-electron chi connectivity index (χ4n) is 8.34. The molecule has 7 rings (SSSR count). The molecule has 0 aromatic heterocycles. The van der Waals surface area contributed by atoms with Gasteiger partial charge in [0.15, 0.2) is 0 Å². The first-order valence-corrected chi connectivity index (χ1v) is 27.7. The van der Waals surface area contributed by atoms with E-state index in [1.54, 1.807) is 60.7 Å². The van der Waals surface area contributed by atoms with Crippen LogP contribution in [0.25, 0.3) is 0 Å². The molecule has 15 heteroatoms. The highest BCUT2D eigenvalue weighted by Gasteiger charge is 2.17. The molecule has 0 N–H and O–H groups in total. The smallest absolute Gasteiger partial charge is 0.343 e. The molecule has 80 heavy (non-hydrogen) atoms. The molecule has 15 nitrogen and oxygen atoms in total. The molecule has 0 unspecified atom stereocenters. The predicted octanol–water partition coefficient (Wildman–Crippen LogP) is 13.1. The summed E-state index contributed by atoms with van der Waals surface area (Å²) in [6.45, 7) is 9.02. The van der Waals surface area contributed by atoms with Crippen molar-refractivity contribution >= 4 is 41.5 Å². The summed E-state index contributed by atoms with van der Waals surface area (Å²) in [5.74, 6) is -0.722. The van der Waals surface area contributed by atoms with Crippen LogP contribution in [0.1, 0.15) is 144 Å². The Hall–Kier alpha value is -8.30. The first kappa shape index (κ1) is 60.9. The topological polar surface area (TPSA) is 174 Å². The fraction of sp³-hybridized carbons (Fsp3) is 0.354. The Morgan fingerprint density at radius 3 is 1.18 bits per heavy atom. The molecular weight excluding hydrogens is 1020 g/mol. The number of aryl methyl sites for hydroxylation is 1. The second-order valence-electron chi connectivity index (χ2n) is 19.4. The number of anilines is 1. The minimum Gasteiger partial charge on any atom is -0.494 e. The van der Waals surface area contributed by atoms with E-state index in [2.05, 4.69) is 35.4 Å². The van der Waals surface area contributed by atoms with Crippen LogP contribution in [0, 0.1) is 0 Å². The van der Waals surface area contributed by atoms with E-state index in [0.29, 0.717) is 40.5 Å². The summed E-state index contributed by atoms with van der Waals surface area (Å²) < 4.78 is 37.2. The van der Waals surface area contributed by atoms with Crippen LogP contribution in [0.3, 0.4) is 0 Å². The molecule has 1 saturated heterocycles. The van der Waals surface area contributed by atoms with Crippen molar-refractivity contribution in [1.29, 1.82) is 0 Å².